The number of anilines is 2. The molecule has 1 aromatic carbocycles. The van der Waals surface area contributed by atoms with Crippen LogP contribution in [0.3, 0.4) is 0 Å². The highest BCUT2D eigenvalue weighted by molar-refractivity contribution is 6.17. The van der Waals surface area contributed by atoms with Crippen molar-refractivity contribution in [1.29, 1.82) is 0 Å². The number of halogens is 1. The molecular weight excluding hydrogens is 248 g/mol. The molecule has 0 aliphatic carbocycles. The van der Waals surface area contributed by atoms with E-state index in [1.807, 2.05) is 37.4 Å². The fraction of sp³-hybridized carbons (Fsp3) is 0.214. The number of ether oxygens (including phenoxy) is 1. The first-order chi connectivity index (χ1) is 8.77. The van der Waals surface area contributed by atoms with E-state index in [4.69, 9.17) is 16.3 Å². The second-order valence-electron chi connectivity index (χ2n) is 3.87. The van der Waals surface area contributed by atoms with Gasteiger partial charge in [0, 0.05) is 30.7 Å². The summed E-state index contributed by atoms with van der Waals surface area (Å²) in [6, 6.07) is 9.83. The van der Waals surface area contributed by atoms with Crippen molar-refractivity contribution in [1.82, 2.24) is 4.98 Å². The Kier molecular flexibility index (Phi) is 4.05. The molecule has 0 aliphatic heterocycles. The lowest BCUT2D eigenvalue weighted by Gasteiger charge is -2.23. The van der Waals surface area contributed by atoms with Crippen LogP contribution in [0.25, 0.3) is 0 Å². The topological polar surface area (TPSA) is 25.4 Å². The van der Waals surface area contributed by atoms with Crippen LogP contribution in [-0.2, 0) is 5.88 Å². The number of alkyl halides is 1. The molecule has 1 heterocycles. The number of hydrogen-bond acceptors (Lipinski definition) is 3. The SMILES string of the molecule is COc1ccccc1N(C)c1ccncc1CCl. The van der Waals surface area contributed by atoms with Gasteiger partial charge in [-0.25, -0.2) is 0 Å². The molecule has 0 atom stereocenters. The Labute approximate surface area is 112 Å². The van der Waals surface area contributed by atoms with E-state index in [9.17, 15) is 0 Å². The number of aromatic nitrogens is 1. The van der Waals surface area contributed by atoms with Crippen molar-refractivity contribution >= 4 is 23.0 Å². The molecule has 3 nitrogen and oxygen atoms in total. The number of rotatable bonds is 4. The van der Waals surface area contributed by atoms with Crippen LogP contribution in [0.2, 0.25) is 0 Å². The molecule has 2 rings (SSSR count). The first kappa shape index (κ1) is 12.7. The molecule has 1 aromatic heterocycles. The molecule has 0 saturated carbocycles. The zero-order chi connectivity index (χ0) is 13.0. The standard InChI is InChI=1S/C14H15ClN2O/c1-17(12-7-8-16-10-11(12)9-15)13-5-3-4-6-14(13)18-2/h3-8,10H,9H2,1-2H3. The highest BCUT2D eigenvalue weighted by Crippen LogP contribution is 2.33. The van der Waals surface area contributed by atoms with E-state index < -0.39 is 0 Å². The Morgan fingerprint density at radius 1 is 1.22 bits per heavy atom. The monoisotopic (exact) mass is 262 g/mol. The average Bonchev–Trinajstić information content (AvgIpc) is 2.46. The Hall–Kier alpha value is -1.74. The van der Waals surface area contributed by atoms with Crippen molar-refractivity contribution in [3.8, 4) is 5.75 Å². The molecule has 0 aliphatic rings. The van der Waals surface area contributed by atoms with E-state index in [-0.39, 0.29) is 0 Å². The van der Waals surface area contributed by atoms with E-state index in [0.717, 1.165) is 22.7 Å². The third kappa shape index (κ3) is 2.41. The number of para-hydroxylation sites is 2. The Morgan fingerprint density at radius 3 is 2.72 bits per heavy atom. The van der Waals surface area contributed by atoms with E-state index in [0.29, 0.717) is 5.88 Å². The second-order valence-corrected chi connectivity index (χ2v) is 4.14. The quantitative estimate of drug-likeness (QED) is 0.788. The summed E-state index contributed by atoms with van der Waals surface area (Å²) >= 11 is 5.94. The molecule has 0 radical (unpaired) electrons. The van der Waals surface area contributed by atoms with Crippen molar-refractivity contribution in [3.63, 3.8) is 0 Å². The minimum atomic E-state index is 0.433. The molecule has 0 spiro atoms. The van der Waals surface area contributed by atoms with Crippen molar-refractivity contribution in [3.05, 3.63) is 48.3 Å². The number of benzene rings is 1. The van der Waals surface area contributed by atoms with E-state index in [1.165, 1.54) is 0 Å². The molecule has 0 N–H and O–H groups in total. The smallest absolute Gasteiger partial charge is 0.142 e. The van der Waals surface area contributed by atoms with Crippen LogP contribution in [0.1, 0.15) is 5.56 Å². The van der Waals surface area contributed by atoms with Gasteiger partial charge in [-0.3, -0.25) is 4.98 Å². The summed E-state index contributed by atoms with van der Waals surface area (Å²) in [5.74, 6) is 1.26. The molecule has 0 amide bonds. The summed E-state index contributed by atoms with van der Waals surface area (Å²) in [5, 5.41) is 0. The maximum atomic E-state index is 5.94. The first-order valence-corrected chi connectivity index (χ1v) is 6.17. The molecule has 4 heteroatoms. The van der Waals surface area contributed by atoms with Gasteiger partial charge in [0.1, 0.15) is 5.75 Å². The summed E-state index contributed by atoms with van der Waals surface area (Å²) in [6.07, 6.45) is 3.55. The summed E-state index contributed by atoms with van der Waals surface area (Å²) in [5.41, 5.74) is 3.02. The maximum absolute atomic E-state index is 5.94. The molecular formula is C14H15ClN2O. The van der Waals surface area contributed by atoms with Crippen LogP contribution >= 0.6 is 11.6 Å². The van der Waals surface area contributed by atoms with Gasteiger partial charge < -0.3 is 9.64 Å². The average molecular weight is 263 g/mol. The van der Waals surface area contributed by atoms with Gasteiger partial charge in [-0.1, -0.05) is 12.1 Å². The van der Waals surface area contributed by atoms with Gasteiger partial charge in [0.15, 0.2) is 0 Å². The van der Waals surface area contributed by atoms with Gasteiger partial charge in [-0.15, -0.1) is 11.6 Å². The van der Waals surface area contributed by atoms with Crippen LogP contribution in [0.15, 0.2) is 42.7 Å². The van der Waals surface area contributed by atoms with Crippen molar-refractivity contribution in [2.45, 2.75) is 5.88 Å². The van der Waals surface area contributed by atoms with Crippen LogP contribution in [0.5, 0.6) is 5.75 Å². The van der Waals surface area contributed by atoms with Crippen LogP contribution in [0.4, 0.5) is 11.4 Å². The normalized spacial score (nSPS) is 10.2. The Morgan fingerprint density at radius 2 is 2.00 bits per heavy atom. The molecule has 18 heavy (non-hydrogen) atoms. The summed E-state index contributed by atoms with van der Waals surface area (Å²) in [4.78, 5) is 6.15. The number of pyridine rings is 1. The highest BCUT2D eigenvalue weighted by atomic mass is 35.5. The molecule has 2 aromatic rings. The molecule has 0 unspecified atom stereocenters. The third-order valence-corrected chi connectivity index (χ3v) is 3.12. The lowest BCUT2D eigenvalue weighted by molar-refractivity contribution is 0.415. The van der Waals surface area contributed by atoms with E-state index >= 15 is 0 Å². The summed E-state index contributed by atoms with van der Waals surface area (Å²) in [7, 11) is 3.66. The largest absolute Gasteiger partial charge is 0.495 e. The second kappa shape index (κ2) is 5.74. The summed E-state index contributed by atoms with van der Waals surface area (Å²) < 4.78 is 5.37. The predicted molar refractivity (Wildman–Crippen MR) is 74.9 cm³/mol. The van der Waals surface area contributed by atoms with E-state index in [1.54, 1.807) is 19.5 Å². The van der Waals surface area contributed by atoms with Crippen molar-refractivity contribution in [2.75, 3.05) is 19.1 Å². The predicted octanol–water partition coefficient (Wildman–Crippen LogP) is 3.60. The molecule has 0 saturated heterocycles. The molecule has 0 fully saturated rings. The van der Waals surface area contributed by atoms with E-state index in [2.05, 4.69) is 9.88 Å². The highest BCUT2D eigenvalue weighted by Gasteiger charge is 2.12. The lowest BCUT2D eigenvalue weighted by Crippen LogP contribution is -2.12. The number of methoxy groups -OCH3 is 1. The minimum absolute atomic E-state index is 0.433. The summed E-state index contributed by atoms with van der Waals surface area (Å²) in [6.45, 7) is 0. The zero-order valence-corrected chi connectivity index (χ0v) is 11.2. The lowest BCUT2D eigenvalue weighted by atomic mass is 10.2. The van der Waals surface area contributed by atoms with Crippen LogP contribution < -0.4 is 9.64 Å². The number of hydrogen-bond donors (Lipinski definition) is 0. The Bertz CT molecular complexity index is 483. The maximum Gasteiger partial charge on any atom is 0.142 e. The van der Waals surface area contributed by atoms with Gasteiger partial charge >= 0.3 is 0 Å². The Balaban J connectivity index is 2.44. The van der Waals surface area contributed by atoms with Crippen molar-refractivity contribution < 1.29 is 4.74 Å². The fourth-order valence-corrected chi connectivity index (χ4v) is 2.09. The van der Waals surface area contributed by atoms with Gasteiger partial charge in [-0.05, 0) is 18.2 Å². The minimum Gasteiger partial charge on any atom is -0.495 e. The van der Waals surface area contributed by atoms with Crippen LogP contribution in [-0.4, -0.2) is 19.1 Å². The fourth-order valence-electron chi connectivity index (χ4n) is 1.89. The number of nitrogens with zero attached hydrogens (tertiary/aromatic N) is 2. The molecule has 94 valence electrons. The van der Waals surface area contributed by atoms with Gasteiger partial charge in [0.05, 0.1) is 18.7 Å². The van der Waals surface area contributed by atoms with Gasteiger partial charge in [-0.2, -0.15) is 0 Å². The molecule has 0 bridgehead atoms. The third-order valence-electron chi connectivity index (χ3n) is 2.83. The van der Waals surface area contributed by atoms with Crippen LogP contribution in [0, 0.1) is 0 Å². The van der Waals surface area contributed by atoms with Gasteiger partial charge in [0.25, 0.3) is 0 Å². The van der Waals surface area contributed by atoms with Gasteiger partial charge in [0.2, 0.25) is 0 Å². The van der Waals surface area contributed by atoms with Crippen molar-refractivity contribution in [2.24, 2.45) is 0 Å². The zero-order valence-electron chi connectivity index (χ0n) is 10.4. The first-order valence-electron chi connectivity index (χ1n) is 5.63.